The number of halogens is 1. The number of hydrogen-bond donors (Lipinski definition) is 1. The predicted octanol–water partition coefficient (Wildman–Crippen LogP) is 3.41. The fourth-order valence-electron chi connectivity index (χ4n) is 2.26. The molecule has 0 aromatic heterocycles. The van der Waals surface area contributed by atoms with Gasteiger partial charge in [0.05, 0.1) is 7.11 Å². The van der Waals surface area contributed by atoms with Crippen molar-refractivity contribution in [2.24, 2.45) is 0 Å². The van der Waals surface area contributed by atoms with Crippen LogP contribution in [0.3, 0.4) is 0 Å². The van der Waals surface area contributed by atoms with E-state index in [1.165, 1.54) is 13.2 Å². The highest BCUT2D eigenvalue weighted by molar-refractivity contribution is 5.84. The van der Waals surface area contributed by atoms with Crippen molar-refractivity contribution in [2.45, 2.75) is 18.9 Å². The van der Waals surface area contributed by atoms with Crippen LogP contribution in [0.4, 0.5) is 10.1 Å². The summed E-state index contributed by atoms with van der Waals surface area (Å²) < 4.78 is 18.7. The van der Waals surface area contributed by atoms with Gasteiger partial charge in [0.2, 0.25) is 0 Å². The summed E-state index contributed by atoms with van der Waals surface area (Å²) in [7, 11) is 1.33. The van der Waals surface area contributed by atoms with Crippen LogP contribution in [-0.2, 0) is 16.0 Å². The second-order valence-corrected chi connectivity index (χ2v) is 5.08. The average molecular weight is 287 g/mol. The van der Waals surface area contributed by atoms with Gasteiger partial charge in [0.1, 0.15) is 11.4 Å². The van der Waals surface area contributed by atoms with E-state index in [4.69, 9.17) is 4.74 Å². The van der Waals surface area contributed by atoms with Gasteiger partial charge >= 0.3 is 5.97 Å². The summed E-state index contributed by atoms with van der Waals surface area (Å²) in [5.74, 6) is -0.767. The molecule has 0 saturated carbocycles. The normalized spacial score (nSPS) is 13.3. The molecule has 0 radical (unpaired) electrons. The summed E-state index contributed by atoms with van der Waals surface area (Å²) in [6.07, 6.45) is 0.196. The van der Waals surface area contributed by atoms with Crippen molar-refractivity contribution in [3.63, 3.8) is 0 Å². The number of hydrogen-bond acceptors (Lipinski definition) is 3. The van der Waals surface area contributed by atoms with Crippen LogP contribution in [0.1, 0.15) is 12.5 Å². The molecule has 0 fully saturated rings. The van der Waals surface area contributed by atoms with E-state index >= 15 is 0 Å². The first kappa shape index (κ1) is 15.0. The Morgan fingerprint density at radius 3 is 2.38 bits per heavy atom. The molecule has 1 unspecified atom stereocenters. The Hall–Kier alpha value is -2.36. The third-order valence-corrected chi connectivity index (χ3v) is 3.33. The maximum absolute atomic E-state index is 13.8. The average Bonchev–Trinajstić information content (AvgIpc) is 2.49. The number of ether oxygens (including phenoxy) is 1. The lowest BCUT2D eigenvalue weighted by atomic mass is 9.92. The number of carbonyl (C=O) groups is 1. The zero-order valence-electron chi connectivity index (χ0n) is 12.1. The van der Waals surface area contributed by atoms with Crippen molar-refractivity contribution < 1.29 is 13.9 Å². The highest BCUT2D eigenvalue weighted by Crippen LogP contribution is 2.22. The fourth-order valence-corrected chi connectivity index (χ4v) is 2.26. The first-order chi connectivity index (χ1) is 10.0. The monoisotopic (exact) mass is 287 g/mol. The molecule has 2 aromatic carbocycles. The Morgan fingerprint density at radius 1 is 1.14 bits per heavy atom. The van der Waals surface area contributed by atoms with Gasteiger partial charge in [0.15, 0.2) is 0 Å². The van der Waals surface area contributed by atoms with E-state index in [-0.39, 0.29) is 12.2 Å². The molecule has 1 N–H and O–H groups in total. The Balaban J connectivity index is 2.29. The number of methoxy groups -OCH3 is 1. The third kappa shape index (κ3) is 3.60. The number of nitrogens with one attached hydrogen (secondary N) is 1. The zero-order chi connectivity index (χ0) is 15.3. The summed E-state index contributed by atoms with van der Waals surface area (Å²) in [5.41, 5.74) is 0.203. The maximum atomic E-state index is 13.8. The quantitative estimate of drug-likeness (QED) is 0.856. The lowest BCUT2D eigenvalue weighted by Gasteiger charge is -2.29. The van der Waals surface area contributed by atoms with Gasteiger partial charge < -0.3 is 10.1 Å². The SMILES string of the molecule is COC(=O)C(C)(Cc1ccccc1F)Nc1ccccc1. The molecule has 0 aliphatic rings. The fraction of sp³-hybridized carbons (Fsp3) is 0.235. The molecule has 0 amide bonds. The van der Waals surface area contributed by atoms with Crippen molar-refractivity contribution in [3.8, 4) is 0 Å². The van der Waals surface area contributed by atoms with E-state index in [1.54, 1.807) is 25.1 Å². The van der Waals surface area contributed by atoms with Crippen LogP contribution < -0.4 is 5.32 Å². The van der Waals surface area contributed by atoms with Gasteiger partial charge in [-0.2, -0.15) is 0 Å². The number of anilines is 1. The lowest BCUT2D eigenvalue weighted by molar-refractivity contribution is -0.145. The smallest absolute Gasteiger partial charge is 0.331 e. The van der Waals surface area contributed by atoms with Crippen molar-refractivity contribution in [2.75, 3.05) is 12.4 Å². The van der Waals surface area contributed by atoms with Crippen LogP contribution >= 0.6 is 0 Å². The number of esters is 1. The van der Waals surface area contributed by atoms with E-state index in [1.807, 2.05) is 30.3 Å². The Kier molecular flexibility index (Phi) is 4.58. The van der Waals surface area contributed by atoms with Gasteiger partial charge in [-0.25, -0.2) is 9.18 Å². The Labute approximate surface area is 123 Å². The molecule has 0 saturated heterocycles. The molecule has 110 valence electrons. The van der Waals surface area contributed by atoms with Crippen LogP contribution in [0, 0.1) is 5.82 Å². The molecule has 21 heavy (non-hydrogen) atoms. The van der Waals surface area contributed by atoms with Gasteiger partial charge in [-0.1, -0.05) is 36.4 Å². The molecule has 4 heteroatoms. The summed E-state index contributed by atoms with van der Waals surface area (Å²) in [5, 5.41) is 3.14. The van der Waals surface area contributed by atoms with E-state index in [9.17, 15) is 9.18 Å². The van der Waals surface area contributed by atoms with Crippen molar-refractivity contribution in [1.82, 2.24) is 0 Å². The second-order valence-electron chi connectivity index (χ2n) is 5.08. The molecule has 0 heterocycles. The van der Waals surface area contributed by atoms with Gasteiger partial charge in [-0.05, 0) is 30.7 Å². The van der Waals surface area contributed by atoms with Crippen LogP contribution in [-0.4, -0.2) is 18.6 Å². The molecule has 2 rings (SSSR count). The number of para-hydroxylation sites is 1. The van der Waals surface area contributed by atoms with Gasteiger partial charge in [0.25, 0.3) is 0 Å². The number of carbonyl (C=O) groups excluding carboxylic acids is 1. The summed E-state index contributed by atoms with van der Waals surface area (Å²) >= 11 is 0. The molecule has 0 aliphatic heterocycles. The maximum Gasteiger partial charge on any atom is 0.331 e. The van der Waals surface area contributed by atoms with E-state index in [0.29, 0.717) is 5.56 Å². The van der Waals surface area contributed by atoms with Gasteiger partial charge in [-0.15, -0.1) is 0 Å². The van der Waals surface area contributed by atoms with Crippen LogP contribution in [0.15, 0.2) is 54.6 Å². The number of rotatable bonds is 5. The molecule has 1 atom stereocenters. The molecular weight excluding hydrogens is 269 g/mol. The van der Waals surface area contributed by atoms with Crippen LogP contribution in [0.5, 0.6) is 0 Å². The number of benzene rings is 2. The first-order valence-electron chi connectivity index (χ1n) is 6.70. The van der Waals surface area contributed by atoms with E-state index in [2.05, 4.69) is 5.32 Å². The molecule has 0 aliphatic carbocycles. The topological polar surface area (TPSA) is 38.3 Å². The van der Waals surface area contributed by atoms with Gasteiger partial charge in [-0.3, -0.25) is 0 Å². The largest absolute Gasteiger partial charge is 0.467 e. The van der Waals surface area contributed by atoms with E-state index in [0.717, 1.165) is 5.69 Å². The summed E-state index contributed by atoms with van der Waals surface area (Å²) in [6, 6.07) is 15.7. The standard InChI is InChI=1S/C17H18FNO2/c1-17(16(20)21-2,19-14-9-4-3-5-10-14)12-13-8-6-7-11-15(13)18/h3-11,19H,12H2,1-2H3. The van der Waals surface area contributed by atoms with Crippen molar-refractivity contribution in [1.29, 1.82) is 0 Å². The molecule has 0 bridgehead atoms. The zero-order valence-corrected chi connectivity index (χ0v) is 12.1. The second kappa shape index (κ2) is 6.39. The summed E-state index contributed by atoms with van der Waals surface area (Å²) in [4.78, 5) is 12.1. The molecule has 0 spiro atoms. The van der Waals surface area contributed by atoms with Crippen molar-refractivity contribution in [3.05, 3.63) is 66.0 Å². The molecular formula is C17H18FNO2. The van der Waals surface area contributed by atoms with Crippen LogP contribution in [0.2, 0.25) is 0 Å². The molecule has 2 aromatic rings. The minimum Gasteiger partial charge on any atom is -0.467 e. The van der Waals surface area contributed by atoms with Crippen molar-refractivity contribution >= 4 is 11.7 Å². The lowest BCUT2D eigenvalue weighted by Crippen LogP contribution is -2.46. The third-order valence-electron chi connectivity index (χ3n) is 3.33. The highest BCUT2D eigenvalue weighted by Gasteiger charge is 2.35. The summed E-state index contributed by atoms with van der Waals surface area (Å²) in [6.45, 7) is 1.71. The van der Waals surface area contributed by atoms with Crippen LogP contribution in [0.25, 0.3) is 0 Å². The first-order valence-corrected chi connectivity index (χ1v) is 6.70. The molecule has 3 nitrogen and oxygen atoms in total. The van der Waals surface area contributed by atoms with Gasteiger partial charge in [0, 0.05) is 12.1 Å². The highest BCUT2D eigenvalue weighted by atomic mass is 19.1. The minimum atomic E-state index is -1.04. The predicted molar refractivity (Wildman–Crippen MR) is 80.6 cm³/mol. The Morgan fingerprint density at radius 2 is 1.76 bits per heavy atom. The van der Waals surface area contributed by atoms with E-state index < -0.39 is 11.5 Å². The minimum absolute atomic E-state index is 0.196. The Bertz CT molecular complexity index is 615.